The van der Waals surface area contributed by atoms with Crippen LogP contribution >= 0.6 is 0 Å². The molecule has 0 amide bonds. The Kier molecular flexibility index (Phi) is 4.69. The summed E-state index contributed by atoms with van der Waals surface area (Å²) in [5.41, 5.74) is 6.27. The van der Waals surface area contributed by atoms with E-state index in [0.29, 0.717) is 11.5 Å². The first-order chi connectivity index (χ1) is 21.8. The molecule has 4 nitrogen and oxygen atoms in total. The number of para-hydroxylation sites is 1. The Balaban J connectivity index is 1.41. The third-order valence-electron chi connectivity index (χ3n) is 9.00. The van der Waals surface area contributed by atoms with E-state index in [1.54, 1.807) is 0 Å². The average Bonchev–Trinajstić information content (AvgIpc) is 3.64. The minimum absolute atomic E-state index is 0.623. The number of aromatic nitrogens is 3. The first-order valence-electron chi connectivity index (χ1n) is 14.8. The minimum atomic E-state index is 0.623. The summed E-state index contributed by atoms with van der Waals surface area (Å²) in [4.78, 5) is 10.7. The molecule has 3 aromatic heterocycles. The monoisotopic (exact) mass is 561 g/mol. The summed E-state index contributed by atoms with van der Waals surface area (Å²) < 4.78 is 8.75. The van der Waals surface area contributed by atoms with Crippen LogP contribution < -0.4 is 0 Å². The van der Waals surface area contributed by atoms with Crippen LogP contribution in [0.15, 0.2) is 144 Å². The number of fused-ring (bicyclic) bond motifs is 11. The van der Waals surface area contributed by atoms with Gasteiger partial charge in [0.1, 0.15) is 16.8 Å². The molecule has 0 saturated heterocycles. The molecule has 4 heteroatoms. The van der Waals surface area contributed by atoms with Crippen LogP contribution in [0.2, 0.25) is 0 Å². The highest BCUT2D eigenvalue weighted by Crippen LogP contribution is 2.42. The SMILES string of the molecule is c1ccc2c(-c3nc(-n4c5ccc6ccccc6c5c5c6ccccc6ccc54)nc4c3oc3ccccc34)cccc2c1. The van der Waals surface area contributed by atoms with Crippen LogP contribution in [0, 0.1) is 0 Å². The van der Waals surface area contributed by atoms with Crippen molar-refractivity contribution in [3.63, 3.8) is 0 Å². The van der Waals surface area contributed by atoms with Crippen molar-refractivity contribution in [2.24, 2.45) is 0 Å². The van der Waals surface area contributed by atoms with Gasteiger partial charge in [-0.05, 0) is 56.6 Å². The van der Waals surface area contributed by atoms with Gasteiger partial charge >= 0.3 is 0 Å². The highest BCUT2D eigenvalue weighted by atomic mass is 16.3. The molecular weight excluding hydrogens is 538 g/mol. The summed E-state index contributed by atoms with van der Waals surface area (Å²) in [7, 11) is 0. The van der Waals surface area contributed by atoms with E-state index in [0.717, 1.165) is 49.5 Å². The highest BCUT2D eigenvalue weighted by Gasteiger charge is 2.23. The van der Waals surface area contributed by atoms with Gasteiger partial charge in [0.15, 0.2) is 5.58 Å². The molecule has 0 radical (unpaired) electrons. The molecule has 0 unspecified atom stereocenters. The lowest BCUT2D eigenvalue weighted by molar-refractivity contribution is 0.666. The Morgan fingerprint density at radius 3 is 1.68 bits per heavy atom. The van der Waals surface area contributed by atoms with Gasteiger partial charge < -0.3 is 4.42 Å². The molecule has 0 atom stereocenters. The average molecular weight is 562 g/mol. The van der Waals surface area contributed by atoms with Crippen molar-refractivity contribution in [3.05, 3.63) is 140 Å². The van der Waals surface area contributed by atoms with Gasteiger partial charge in [-0.1, -0.05) is 115 Å². The predicted octanol–water partition coefficient (Wildman–Crippen LogP) is 10.6. The summed E-state index contributed by atoms with van der Waals surface area (Å²) in [6, 6.07) is 49.0. The number of nitrogens with zero attached hydrogens (tertiary/aromatic N) is 3. The standard InChI is InChI=1S/C40H23N3O/c1-4-14-27-24(10-1)13-9-18-30(27)37-39-38(31-17-7-8-19-34(31)44-39)42-40(41-37)43-32-22-20-25-11-2-5-15-28(25)35(32)36-29-16-6-3-12-26(29)21-23-33(36)43/h1-23H. The van der Waals surface area contributed by atoms with Crippen molar-refractivity contribution in [3.8, 4) is 17.2 Å². The molecule has 0 aliphatic rings. The van der Waals surface area contributed by atoms with E-state index in [1.165, 1.54) is 32.3 Å². The topological polar surface area (TPSA) is 43.9 Å². The molecular formula is C40H23N3O. The van der Waals surface area contributed by atoms with Crippen molar-refractivity contribution in [2.45, 2.75) is 0 Å². The molecule has 0 fully saturated rings. The van der Waals surface area contributed by atoms with Crippen molar-refractivity contribution >= 4 is 76.2 Å². The molecule has 44 heavy (non-hydrogen) atoms. The zero-order valence-corrected chi connectivity index (χ0v) is 23.5. The number of hydrogen-bond donors (Lipinski definition) is 0. The van der Waals surface area contributed by atoms with Gasteiger partial charge in [-0.3, -0.25) is 4.57 Å². The Labute approximate surface area is 251 Å². The fraction of sp³-hybridized carbons (Fsp3) is 0. The maximum atomic E-state index is 6.52. The first kappa shape index (κ1) is 23.6. The predicted molar refractivity (Wildman–Crippen MR) is 182 cm³/mol. The van der Waals surface area contributed by atoms with Crippen LogP contribution in [0.1, 0.15) is 0 Å². The molecule has 0 N–H and O–H groups in total. The Bertz CT molecular complexity index is 2690. The minimum Gasteiger partial charge on any atom is -0.452 e. The fourth-order valence-electron chi connectivity index (χ4n) is 7.06. The lowest BCUT2D eigenvalue weighted by Gasteiger charge is -2.11. The van der Waals surface area contributed by atoms with Crippen molar-refractivity contribution < 1.29 is 4.42 Å². The largest absolute Gasteiger partial charge is 0.452 e. The molecule has 10 rings (SSSR count). The van der Waals surface area contributed by atoms with E-state index in [1.807, 2.05) is 18.2 Å². The molecule has 204 valence electrons. The van der Waals surface area contributed by atoms with Gasteiger partial charge in [0.25, 0.3) is 0 Å². The lowest BCUT2D eigenvalue weighted by Crippen LogP contribution is -2.03. The van der Waals surface area contributed by atoms with Gasteiger partial charge in [0.2, 0.25) is 5.95 Å². The third kappa shape index (κ3) is 3.17. The van der Waals surface area contributed by atoms with Crippen molar-refractivity contribution in [1.29, 1.82) is 0 Å². The van der Waals surface area contributed by atoms with Gasteiger partial charge in [0.05, 0.1) is 11.0 Å². The van der Waals surface area contributed by atoms with Gasteiger partial charge in [0, 0.05) is 21.7 Å². The Hall–Kier alpha value is -6.00. The molecule has 0 aliphatic carbocycles. The molecule has 0 spiro atoms. The zero-order chi connectivity index (χ0) is 28.8. The van der Waals surface area contributed by atoms with Crippen LogP contribution in [0.3, 0.4) is 0 Å². The summed E-state index contributed by atoms with van der Waals surface area (Å²) in [5, 5.41) is 10.5. The fourth-order valence-corrected chi connectivity index (χ4v) is 7.06. The number of rotatable bonds is 2. The van der Waals surface area contributed by atoms with Crippen molar-refractivity contribution in [1.82, 2.24) is 14.5 Å². The first-order valence-corrected chi connectivity index (χ1v) is 14.8. The molecule has 0 bridgehead atoms. The lowest BCUT2D eigenvalue weighted by atomic mass is 10.00. The maximum absolute atomic E-state index is 6.52. The summed E-state index contributed by atoms with van der Waals surface area (Å²) >= 11 is 0. The van der Waals surface area contributed by atoms with E-state index in [-0.39, 0.29) is 0 Å². The summed E-state index contributed by atoms with van der Waals surface area (Å²) in [5.74, 6) is 0.623. The zero-order valence-electron chi connectivity index (χ0n) is 23.5. The van der Waals surface area contributed by atoms with Crippen LogP contribution in [-0.4, -0.2) is 14.5 Å². The molecule has 10 aromatic rings. The molecule has 3 heterocycles. The van der Waals surface area contributed by atoms with E-state index < -0.39 is 0 Å². The van der Waals surface area contributed by atoms with Gasteiger partial charge in [-0.15, -0.1) is 0 Å². The van der Waals surface area contributed by atoms with Crippen LogP contribution in [0.4, 0.5) is 0 Å². The van der Waals surface area contributed by atoms with Crippen LogP contribution in [0.5, 0.6) is 0 Å². The van der Waals surface area contributed by atoms with Crippen molar-refractivity contribution in [2.75, 3.05) is 0 Å². The van der Waals surface area contributed by atoms with Crippen LogP contribution in [0.25, 0.3) is 93.4 Å². The van der Waals surface area contributed by atoms with E-state index in [4.69, 9.17) is 14.4 Å². The smallest absolute Gasteiger partial charge is 0.236 e. The second-order valence-electron chi connectivity index (χ2n) is 11.4. The normalized spacial score (nSPS) is 12.1. The number of furan rings is 1. The Morgan fingerprint density at radius 1 is 0.455 bits per heavy atom. The van der Waals surface area contributed by atoms with E-state index in [9.17, 15) is 0 Å². The second-order valence-corrected chi connectivity index (χ2v) is 11.4. The Morgan fingerprint density at radius 2 is 1.00 bits per heavy atom. The summed E-state index contributed by atoms with van der Waals surface area (Å²) in [6.45, 7) is 0. The molecule has 0 aliphatic heterocycles. The van der Waals surface area contributed by atoms with Crippen LogP contribution in [-0.2, 0) is 0 Å². The number of benzene rings is 7. The third-order valence-corrected chi connectivity index (χ3v) is 9.00. The highest BCUT2D eigenvalue weighted by molar-refractivity contribution is 6.28. The van der Waals surface area contributed by atoms with Gasteiger partial charge in [-0.2, -0.15) is 0 Å². The number of hydrogen-bond acceptors (Lipinski definition) is 3. The summed E-state index contributed by atoms with van der Waals surface area (Å²) in [6.07, 6.45) is 0. The van der Waals surface area contributed by atoms with E-state index >= 15 is 0 Å². The van der Waals surface area contributed by atoms with Gasteiger partial charge in [-0.25, -0.2) is 9.97 Å². The molecule has 0 saturated carbocycles. The van der Waals surface area contributed by atoms with E-state index in [2.05, 4.69) is 126 Å². The second kappa shape index (κ2) is 8.76. The molecule has 7 aromatic carbocycles. The quantitative estimate of drug-likeness (QED) is 0.211. The maximum Gasteiger partial charge on any atom is 0.236 e.